The van der Waals surface area contributed by atoms with E-state index < -0.39 is 0 Å². The van der Waals surface area contributed by atoms with Crippen molar-refractivity contribution in [2.45, 2.75) is 45.6 Å². The van der Waals surface area contributed by atoms with Crippen molar-refractivity contribution in [1.29, 1.82) is 0 Å². The van der Waals surface area contributed by atoms with Crippen LogP contribution >= 0.6 is 0 Å². The van der Waals surface area contributed by atoms with E-state index in [9.17, 15) is 5.11 Å². The summed E-state index contributed by atoms with van der Waals surface area (Å²) in [7, 11) is 0. The van der Waals surface area contributed by atoms with Gasteiger partial charge in [-0.15, -0.1) is 0 Å². The molecule has 3 heteroatoms. The zero-order valence-corrected chi connectivity index (χ0v) is 10.6. The highest BCUT2D eigenvalue weighted by Crippen LogP contribution is 2.28. The minimum atomic E-state index is -0.287. The van der Waals surface area contributed by atoms with Gasteiger partial charge in [0.15, 0.2) is 0 Å². The smallest absolute Gasteiger partial charge is 0.0559 e. The van der Waals surface area contributed by atoms with Crippen LogP contribution in [0.25, 0.3) is 0 Å². The fourth-order valence-corrected chi connectivity index (χ4v) is 2.14. The van der Waals surface area contributed by atoms with E-state index in [-0.39, 0.29) is 12.0 Å². The second kappa shape index (κ2) is 7.25. The van der Waals surface area contributed by atoms with Gasteiger partial charge in [0, 0.05) is 19.1 Å². The first-order valence-corrected chi connectivity index (χ1v) is 6.50. The van der Waals surface area contributed by atoms with E-state index in [2.05, 4.69) is 0 Å². The molecular formula is C13H26O3. The van der Waals surface area contributed by atoms with Crippen molar-refractivity contribution < 1.29 is 14.9 Å². The van der Waals surface area contributed by atoms with E-state index in [1.54, 1.807) is 6.92 Å². The number of rotatable bonds is 6. The van der Waals surface area contributed by atoms with Crippen LogP contribution in [-0.4, -0.2) is 36.1 Å². The molecule has 0 saturated heterocycles. The van der Waals surface area contributed by atoms with Gasteiger partial charge in [0.05, 0.1) is 12.7 Å². The summed E-state index contributed by atoms with van der Waals surface area (Å²) >= 11 is 0. The Morgan fingerprint density at radius 1 is 1.12 bits per heavy atom. The molecule has 2 unspecified atom stereocenters. The molecule has 2 atom stereocenters. The van der Waals surface area contributed by atoms with Crippen LogP contribution in [0.4, 0.5) is 0 Å². The first kappa shape index (κ1) is 13.9. The van der Waals surface area contributed by atoms with E-state index in [1.807, 2.05) is 6.92 Å². The van der Waals surface area contributed by atoms with E-state index in [0.717, 1.165) is 19.4 Å². The van der Waals surface area contributed by atoms with Gasteiger partial charge in [-0.3, -0.25) is 0 Å². The molecule has 16 heavy (non-hydrogen) atoms. The van der Waals surface area contributed by atoms with Gasteiger partial charge in [-0.25, -0.2) is 0 Å². The van der Waals surface area contributed by atoms with Crippen LogP contribution in [0.15, 0.2) is 0 Å². The van der Waals surface area contributed by atoms with Crippen LogP contribution < -0.4 is 0 Å². The van der Waals surface area contributed by atoms with E-state index in [0.29, 0.717) is 25.0 Å². The first-order valence-electron chi connectivity index (χ1n) is 6.50. The highest BCUT2D eigenvalue weighted by Gasteiger charge is 2.21. The molecule has 0 aromatic carbocycles. The molecule has 1 aliphatic rings. The average Bonchev–Trinajstić information content (AvgIpc) is 2.29. The molecule has 1 rings (SSSR count). The van der Waals surface area contributed by atoms with E-state index in [4.69, 9.17) is 9.84 Å². The van der Waals surface area contributed by atoms with Crippen molar-refractivity contribution in [2.24, 2.45) is 17.8 Å². The SMILES string of the molecule is CC(O)C(C)COCC1CCC(CO)CC1. The molecule has 1 saturated carbocycles. The molecule has 0 aromatic heterocycles. The number of hydrogen-bond donors (Lipinski definition) is 2. The Morgan fingerprint density at radius 3 is 2.19 bits per heavy atom. The molecule has 0 bridgehead atoms. The van der Waals surface area contributed by atoms with Crippen LogP contribution in [0.1, 0.15) is 39.5 Å². The van der Waals surface area contributed by atoms with Crippen molar-refractivity contribution in [2.75, 3.05) is 19.8 Å². The van der Waals surface area contributed by atoms with Crippen molar-refractivity contribution in [3.05, 3.63) is 0 Å². The van der Waals surface area contributed by atoms with E-state index >= 15 is 0 Å². The van der Waals surface area contributed by atoms with Crippen LogP contribution in [0, 0.1) is 17.8 Å². The second-order valence-electron chi connectivity index (χ2n) is 5.32. The third-order valence-electron chi connectivity index (χ3n) is 3.78. The summed E-state index contributed by atoms with van der Waals surface area (Å²) in [6, 6.07) is 0. The van der Waals surface area contributed by atoms with Crippen LogP contribution in [0.2, 0.25) is 0 Å². The van der Waals surface area contributed by atoms with E-state index in [1.165, 1.54) is 12.8 Å². The molecule has 0 aliphatic heterocycles. The molecule has 0 amide bonds. The van der Waals surface area contributed by atoms with Crippen LogP contribution in [0.5, 0.6) is 0 Å². The summed E-state index contributed by atoms with van der Waals surface area (Å²) in [6.45, 7) is 5.62. The van der Waals surface area contributed by atoms with Crippen molar-refractivity contribution in [3.63, 3.8) is 0 Å². The van der Waals surface area contributed by atoms with Gasteiger partial charge in [0.1, 0.15) is 0 Å². The maximum atomic E-state index is 9.32. The second-order valence-corrected chi connectivity index (χ2v) is 5.32. The predicted molar refractivity (Wildman–Crippen MR) is 64.2 cm³/mol. The Kier molecular flexibility index (Phi) is 6.32. The maximum Gasteiger partial charge on any atom is 0.0559 e. The molecule has 96 valence electrons. The zero-order valence-electron chi connectivity index (χ0n) is 10.6. The molecule has 1 aliphatic carbocycles. The summed E-state index contributed by atoms with van der Waals surface area (Å²) in [6.07, 6.45) is 4.33. The Balaban J connectivity index is 2.06. The standard InChI is InChI=1S/C13H26O3/c1-10(11(2)15)8-16-9-13-5-3-12(7-14)4-6-13/h10-15H,3-9H2,1-2H3. The Labute approximate surface area is 98.8 Å². The Hall–Kier alpha value is -0.120. The summed E-state index contributed by atoms with van der Waals surface area (Å²) in [4.78, 5) is 0. The molecule has 0 heterocycles. The minimum absolute atomic E-state index is 0.216. The Bertz CT molecular complexity index is 174. The lowest BCUT2D eigenvalue weighted by atomic mass is 9.83. The monoisotopic (exact) mass is 230 g/mol. The third-order valence-corrected chi connectivity index (χ3v) is 3.78. The van der Waals surface area contributed by atoms with Crippen LogP contribution in [-0.2, 0) is 4.74 Å². The molecule has 0 aromatic rings. The summed E-state index contributed by atoms with van der Waals surface area (Å²) < 4.78 is 5.64. The number of aliphatic hydroxyl groups excluding tert-OH is 2. The molecule has 0 spiro atoms. The van der Waals surface area contributed by atoms with Crippen molar-refractivity contribution in [3.8, 4) is 0 Å². The van der Waals surface area contributed by atoms with Gasteiger partial charge in [-0.05, 0) is 44.4 Å². The van der Waals surface area contributed by atoms with Crippen molar-refractivity contribution in [1.82, 2.24) is 0 Å². The van der Waals surface area contributed by atoms with Gasteiger partial charge in [0.2, 0.25) is 0 Å². The van der Waals surface area contributed by atoms with Gasteiger partial charge in [0.25, 0.3) is 0 Å². The molecule has 0 radical (unpaired) electrons. The minimum Gasteiger partial charge on any atom is -0.396 e. The van der Waals surface area contributed by atoms with Crippen molar-refractivity contribution >= 4 is 0 Å². The van der Waals surface area contributed by atoms with Gasteiger partial charge in [-0.2, -0.15) is 0 Å². The summed E-state index contributed by atoms with van der Waals surface area (Å²) in [5.41, 5.74) is 0. The first-order chi connectivity index (χ1) is 7.63. The summed E-state index contributed by atoms with van der Waals surface area (Å²) in [5, 5.41) is 18.3. The maximum absolute atomic E-state index is 9.32. The van der Waals surface area contributed by atoms with Gasteiger partial charge in [-0.1, -0.05) is 6.92 Å². The lowest BCUT2D eigenvalue weighted by Crippen LogP contribution is -2.24. The summed E-state index contributed by atoms with van der Waals surface area (Å²) in [5.74, 6) is 1.39. The topological polar surface area (TPSA) is 49.7 Å². The normalized spacial score (nSPS) is 30.0. The van der Waals surface area contributed by atoms with Crippen LogP contribution in [0.3, 0.4) is 0 Å². The molecule has 3 nitrogen and oxygen atoms in total. The fraction of sp³-hybridized carbons (Fsp3) is 1.00. The largest absolute Gasteiger partial charge is 0.396 e. The number of hydrogen-bond acceptors (Lipinski definition) is 3. The fourth-order valence-electron chi connectivity index (χ4n) is 2.14. The molecule has 2 N–H and O–H groups in total. The zero-order chi connectivity index (χ0) is 12.0. The van der Waals surface area contributed by atoms with Gasteiger partial charge >= 0.3 is 0 Å². The lowest BCUT2D eigenvalue weighted by Gasteiger charge is -2.27. The highest BCUT2D eigenvalue weighted by atomic mass is 16.5. The quantitative estimate of drug-likeness (QED) is 0.732. The Morgan fingerprint density at radius 2 is 1.69 bits per heavy atom. The number of ether oxygens (including phenoxy) is 1. The lowest BCUT2D eigenvalue weighted by molar-refractivity contribution is 0.0187. The van der Waals surface area contributed by atoms with Gasteiger partial charge < -0.3 is 14.9 Å². The average molecular weight is 230 g/mol. The number of aliphatic hydroxyl groups is 2. The molecule has 1 fully saturated rings. The third kappa shape index (κ3) is 4.81. The highest BCUT2D eigenvalue weighted by molar-refractivity contribution is 4.72. The molecular weight excluding hydrogens is 204 g/mol. The predicted octanol–water partition coefficient (Wildman–Crippen LogP) is 1.82.